The van der Waals surface area contributed by atoms with E-state index in [9.17, 15) is 0 Å². The summed E-state index contributed by atoms with van der Waals surface area (Å²) in [5.74, 6) is 0. The van der Waals surface area contributed by atoms with E-state index in [0.29, 0.717) is 0 Å². The van der Waals surface area contributed by atoms with Crippen molar-refractivity contribution < 1.29 is 0 Å². The Morgan fingerprint density at radius 2 is 1.90 bits per heavy atom. The molecule has 1 aromatic heterocycles. The van der Waals surface area contributed by atoms with Gasteiger partial charge in [0, 0.05) is 17.1 Å². The summed E-state index contributed by atoms with van der Waals surface area (Å²) in [6.07, 6.45) is 2.82. The summed E-state index contributed by atoms with van der Waals surface area (Å²) >= 11 is 1.73. The van der Waals surface area contributed by atoms with E-state index in [1.54, 1.807) is 11.8 Å². The van der Waals surface area contributed by atoms with Gasteiger partial charge in [-0.05, 0) is 56.9 Å². The highest BCUT2D eigenvalue weighted by Crippen LogP contribution is 2.31. The molecule has 2 nitrogen and oxygen atoms in total. The molecule has 1 aromatic carbocycles. The fourth-order valence-corrected chi connectivity index (χ4v) is 3.12. The molecule has 0 fully saturated rings. The number of hydrogen-bond acceptors (Lipinski definition) is 3. The van der Waals surface area contributed by atoms with Crippen molar-refractivity contribution in [3.63, 3.8) is 0 Å². The molecule has 0 saturated carbocycles. The van der Waals surface area contributed by atoms with Crippen molar-refractivity contribution in [2.45, 2.75) is 50.1 Å². The van der Waals surface area contributed by atoms with E-state index in [1.807, 2.05) is 13.1 Å². The summed E-state index contributed by atoms with van der Waals surface area (Å²) in [6.45, 7) is 8.40. The summed E-state index contributed by atoms with van der Waals surface area (Å²) in [4.78, 5) is 5.87. The maximum absolute atomic E-state index is 5.84. The second kappa shape index (κ2) is 6.42. The Morgan fingerprint density at radius 3 is 2.50 bits per heavy atom. The largest absolute Gasteiger partial charge is 0.328 e. The van der Waals surface area contributed by atoms with Crippen LogP contribution in [0.25, 0.3) is 0 Å². The minimum absolute atomic E-state index is 0.175. The van der Waals surface area contributed by atoms with Crippen LogP contribution in [0.5, 0.6) is 0 Å². The molecule has 3 heteroatoms. The van der Waals surface area contributed by atoms with Gasteiger partial charge in [0.1, 0.15) is 5.03 Å². The summed E-state index contributed by atoms with van der Waals surface area (Å²) in [6, 6.07) is 8.90. The molecule has 0 aliphatic carbocycles. The highest BCUT2D eigenvalue weighted by Gasteiger charge is 2.07. The Hall–Kier alpha value is -1.32. The van der Waals surface area contributed by atoms with Crippen LogP contribution < -0.4 is 5.73 Å². The van der Waals surface area contributed by atoms with Gasteiger partial charge in [0.2, 0.25) is 0 Å². The average Bonchev–Trinajstić information content (AvgIpc) is 2.34. The summed E-state index contributed by atoms with van der Waals surface area (Å²) in [7, 11) is 0. The van der Waals surface area contributed by atoms with Gasteiger partial charge in [0.15, 0.2) is 0 Å². The molecular formula is C17H22N2S. The first-order valence-corrected chi connectivity index (χ1v) is 7.73. The average molecular weight is 286 g/mol. The second-order valence-electron chi connectivity index (χ2n) is 5.52. The first kappa shape index (κ1) is 15.1. The molecule has 2 N–H and O–H groups in total. The lowest BCUT2D eigenvalue weighted by Crippen LogP contribution is -2.17. The van der Waals surface area contributed by atoms with Gasteiger partial charge in [0.25, 0.3) is 0 Å². The Balaban J connectivity index is 2.21. The van der Waals surface area contributed by atoms with Gasteiger partial charge in [-0.25, -0.2) is 4.98 Å². The Morgan fingerprint density at radius 1 is 1.15 bits per heavy atom. The lowest BCUT2D eigenvalue weighted by molar-refractivity contribution is 0.733. The highest BCUT2D eigenvalue weighted by atomic mass is 32.2. The molecule has 1 heterocycles. The van der Waals surface area contributed by atoms with Gasteiger partial charge in [-0.1, -0.05) is 35.5 Å². The van der Waals surface area contributed by atoms with E-state index in [2.05, 4.69) is 50.0 Å². The molecule has 2 rings (SSSR count). The topological polar surface area (TPSA) is 38.9 Å². The molecule has 1 atom stereocenters. The SMILES string of the molecule is Cc1ccc(Sc2ncc(CC(C)N)cc2C)c(C)c1. The van der Waals surface area contributed by atoms with Crippen LogP contribution in [0.2, 0.25) is 0 Å². The van der Waals surface area contributed by atoms with Gasteiger partial charge in [-0.2, -0.15) is 0 Å². The molecule has 1 unspecified atom stereocenters. The van der Waals surface area contributed by atoms with Crippen LogP contribution in [0.1, 0.15) is 29.2 Å². The van der Waals surface area contributed by atoms with Crippen LogP contribution in [0.4, 0.5) is 0 Å². The van der Waals surface area contributed by atoms with Gasteiger partial charge in [-0.15, -0.1) is 0 Å². The van der Waals surface area contributed by atoms with Crippen molar-refractivity contribution in [2.75, 3.05) is 0 Å². The first-order valence-electron chi connectivity index (χ1n) is 6.92. The molecule has 106 valence electrons. The third kappa shape index (κ3) is 3.84. The number of aromatic nitrogens is 1. The number of aryl methyl sites for hydroxylation is 3. The zero-order chi connectivity index (χ0) is 14.7. The molecule has 0 spiro atoms. The van der Waals surface area contributed by atoms with Gasteiger partial charge in [-0.3, -0.25) is 0 Å². The van der Waals surface area contributed by atoms with Crippen LogP contribution in [0.15, 0.2) is 40.4 Å². The molecule has 0 bridgehead atoms. The number of rotatable bonds is 4. The van der Waals surface area contributed by atoms with Crippen molar-refractivity contribution in [2.24, 2.45) is 5.73 Å². The first-order chi connectivity index (χ1) is 9.45. The van der Waals surface area contributed by atoms with E-state index < -0.39 is 0 Å². The van der Waals surface area contributed by atoms with E-state index >= 15 is 0 Å². The predicted octanol–water partition coefficient (Wildman–Crippen LogP) is 4.05. The fourth-order valence-electron chi connectivity index (χ4n) is 2.23. The summed E-state index contributed by atoms with van der Waals surface area (Å²) in [5, 5.41) is 1.07. The Bertz CT molecular complexity index is 606. The maximum atomic E-state index is 5.84. The van der Waals surface area contributed by atoms with E-state index in [4.69, 9.17) is 5.73 Å². The third-order valence-corrected chi connectivity index (χ3v) is 4.48. The van der Waals surface area contributed by atoms with Crippen LogP contribution in [0, 0.1) is 20.8 Å². The smallest absolute Gasteiger partial charge is 0.104 e. The van der Waals surface area contributed by atoms with E-state index in [1.165, 1.54) is 27.1 Å². The minimum Gasteiger partial charge on any atom is -0.328 e. The maximum Gasteiger partial charge on any atom is 0.104 e. The number of pyridine rings is 1. The van der Waals surface area contributed by atoms with E-state index in [-0.39, 0.29) is 6.04 Å². The van der Waals surface area contributed by atoms with Crippen molar-refractivity contribution >= 4 is 11.8 Å². The lowest BCUT2D eigenvalue weighted by Gasteiger charge is -2.10. The molecule has 0 saturated heterocycles. The molecule has 0 amide bonds. The normalized spacial score (nSPS) is 12.4. The number of hydrogen-bond donors (Lipinski definition) is 1. The number of benzene rings is 1. The molecule has 2 aromatic rings. The van der Waals surface area contributed by atoms with E-state index in [0.717, 1.165) is 11.4 Å². The predicted molar refractivity (Wildman–Crippen MR) is 86.4 cm³/mol. The third-order valence-electron chi connectivity index (χ3n) is 3.18. The van der Waals surface area contributed by atoms with Crippen LogP contribution in [-0.4, -0.2) is 11.0 Å². The standard InChI is InChI=1S/C17H22N2S/c1-11-5-6-16(12(2)7-11)20-17-13(3)8-15(10-19-17)9-14(4)18/h5-8,10,14H,9,18H2,1-4H3. The van der Waals surface area contributed by atoms with Crippen molar-refractivity contribution in [3.05, 3.63) is 52.7 Å². The zero-order valence-corrected chi connectivity index (χ0v) is 13.4. The highest BCUT2D eigenvalue weighted by molar-refractivity contribution is 7.99. The van der Waals surface area contributed by atoms with Crippen molar-refractivity contribution in [1.29, 1.82) is 0 Å². The monoisotopic (exact) mass is 286 g/mol. The van der Waals surface area contributed by atoms with Gasteiger partial charge >= 0.3 is 0 Å². The lowest BCUT2D eigenvalue weighted by atomic mass is 10.1. The molecule has 0 aliphatic heterocycles. The van der Waals surface area contributed by atoms with Crippen LogP contribution in [-0.2, 0) is 6.42 Å². The van der Waals surface area contributed by atoms with Gasteiger partial charge < -0.3 is 5.73 Å². The quantitative estimate of drug-likeness (QED) is 0.921. The van der Waals surface area contributed by atoms with Crippen LogP contribution in [0.3, 0.4) is 0 Å². The number of nitrogens with zero attached hydrogens (tertiary/aromatic N) is 1. The second-order valence-corrected chi connectivity index (χ2v) is 6.55. The number of nitrogens with two attached hydrogens (primary N) is 1. The van der Waals surface area contributed by atoms with Gasteiger partial charge in [0.05, 0.1) is 0 Å². The summed E-state index contributed by atoms with van der Waals surface area (Å²) < 4.78 is 0. The fraction of sp³-hybridized carbons (Fsp3) is 0.353. The van der Waals surface area contributed by atoms with Crippen molar-refractivity contribution in [1.82, 2.24) is 4.98 Å². The van der Waals surface area contributed by atoms with Crippen molar-refractivity contribution in [3.8, 4) is 0 Å². The molecule has 20 heavy (non-hydrogen) atoms. The minimum atomic E-state index is 0.175. The Kier molecular flexibility index (Phi) is 4.84. The molecule has 0 aliphatic rings. The molecular weight excluding hydrogens is 264 g/mol. The van der Waals surface area contributed by atoms with Crippen LogP contribution >= 0.6 is 11.8 Å². The zero-order valence-electron chi connectivity index (χ0n) is 12.6. The Labute approximate surface area is 125 Å². The summed E-state index contributed by atoms with van der Waals surface area (Å²) in [5.41, 5.74) is 10.9. The molecule has 0 radical (unpaired) electrons.